The number of aromatic nitrogens is 3. The minimum Gasteiger partial charge on any atom is -0.392 e. The lowest BCUT2D eigenvalue weighted by atomic mass is 9.80. The molecule has 0 spiro atoms. The van der Waals surface area contributed by atoms with E-state index in [1.807, 2.05) is 55.8 Å². The van der Waals surface area contributed by atoms with Crippen LogP contribution in [0.2, 0.25) is 0 Å². The lowest BCUT2D eigenvalue weighted by molar-refractivity contribution is 0.246. The molecule has 0 atom stereocenters. The van der Waals surface area contributed by atoms with Crippen molar-refractivity contribution in [1.82, 2.24) is 15.0 Å². The zero-order valence-corrected chi connectivity index (χ0v) is 51.8. The molecule has 0 aliphatic heterocycles. The molecule has 1 aliphatic rings. The molecule has 5 heteroatoms. The second kappa shape index (κ2) is 30.7. The summed E-state index contributed by atoms with van der Waals surface area (Å²) >= 11 is 0. The van der Waals surface area contributed by atoms with Crippen LogP contribution in [0.25, 0.3) is 0 Å². The summed E-state index contributed by atoms with van der Waals surface area (Å²) in [5.41, 5.74) is 14.0. The molecule has 3 aromatic carbocycles. The maximum absolute atomic E-state index is 8.83. The highest BCUT2D eigenvalue weighted by molar-refractivity contribution is 5.28. The quantitative estimate of drug-likeness (QED) is 0.181. The third-order valence-electron chi connectivity index (χ3n) is 13.3. The molecule has 3 aromatic heterocycles. The Labute approximate surface area is 460 Å². The van der Waals surface area contributed by atoms with Crippen molar-refractivity contribution in [2.24, 2.45) is 11.3 Å². The molecule has 0 amide bonds. The standard InChI is InChI=1S/C11H16O.C11H16.C10H15NO.C10H15N.C10H14.C9H13N.C9H18/c1-11(2,3)10-6-4-9(8-12)5-7-10;1-9-5-7-10(8-6-9)11(2,3)4;1-10(2,3)8-4-5-9(7-12)11-6-8;1-8-5-6-9(7-11-8)10(2,3)4;1-10(2,3)9-7-5-4-6-8-9;1-9(2,3)8-5-4-6-10-7-8;1-9(2,3)8-6-4-5-7-8/h4-7,12H,8H2,1-3H3;5-8H,1-4H3;4-6,12H,7H2,1-3H3;5-7H,1-4H3;4-8H,1-3H3;4-7H,1-3H3;8H,4-7H2,1-3H3. The second-order valence-corrected chi connectivity index (χ2v) is 27.6. The van der Waals surface area contributed by atoms with Gasteiger partial charge in [-0.1, -0.05) is 261 Å². The van der Waals surface area contributed by atoms with Gasteiger partial charge in [0.2, 0.25) is 0 Å². The van der Waals surface area contributed by atoms with Crippen molar-refractivity contribution in [2.75, 3.05) is 0 Å². The first kappa shape index (κ1) is 68.0. The molecule has 414 valence electrons. The fraction of sp³-hybridized carbons (Fsp3) is 0.529. The molecule has 7 rings (SSSR count). The Morgan fingerprint density at radius 2 is 0.760 bits per heavy atom. The summed E-state index contributed by atoms with van der Waals surface area (Å²) in [4.78, 5) is 12.4. The molecular weight excluding hydrogens is 915 g/mol. The Bertz CT molecular complexity index is 2220. The fourth-order valence-electron chi connectivity index (χ4n) is 7.57. The molecule has 2 N–H and O–H groups in total. The third-order valence-corrected chi connectivity index (χ3v) is 13.3. The number of aliphatic hydroxyl groups is 2. The molecule has 5 nitrogen and oxygen atoms in total. The molecule has 0 radical (unpaired) electrons. The summed E-state index contributed by atoms with van der Waals surface area (Å²) in [5, 5.41) is 17.6. The number of nitrogens with zero attached hydrogens (tertiary/aromatic N) is 3. The van der Waals surface area contributed by atoms with E-state index in [1.54, 1.807) is 6.20 Å². The Kier molecular flexibility index (Phi) is 27.8. The molecule has 3 heterocycles. The highest BCUT2D eigenvalue weighted by Crippen LogP contribution is 2.38. The van der Waals surface area contributed by atoms with E-state index in [1.165, 1.54) is 64.6 Å². The van der Waals surface area contributed by atoms with Gasteiger partial charge in [0.1, 0.15) is 0 Å². The van der Waals surface area contributed by atoms with Crippen LogP contribution in [0.1, 0.15) is 227 Å². The van der Waals surface area contributed by atoms with Crippen molar-refractivity contribution in [3.63, 3.8) is 0 Å². The lowest BCUT2D eigenvalue weighted by Crippen LogP contribution is -2.16. The highest BCUT2D eigenvalue weighted by Gasteiger charge is 2.27. The summed E-state index contributed by atoms with van der Waals surface area (Å²) in [6.45, 7) is 50.8. The van der Waals surface area contributed by atoms with Gasteiger partial charge in [-0.3, -0.25) is 15.0 Å². The molecule has 0 bridgehead atoms. The van der Waals surface area contributed by atoms with E-state index in [-0.39, 0.29) is 40.3 Å². The van der Waals surface area contributed by atoms with Crippen molar-refractivity contribution in [1.29, 1.82) is 0 Å². The Morgan fingerprint density at radius 3 is 1.05 bits per heavy atom. The molecule has 0 unspecified atom stereocenters. The summed E-state index contributed by atoms with van der Waals surface area (Å²) < 4.78 is 0. The number of benzene rings is 3. The zero-order chi connectivity index (χ0) is 57.5. The number of hydrogen-bond acceptors (Lipinski definition) is 5. The van der Waals surface area contributed by atoms with Crippen molar-refractivity contribution < 1.29 is 10.2 Å². The molecule has 1 aliphatic carbocycles. The number of aryl methyl sites for hydroxylation is 2. The van der Waals surface area contributed by atoms with E-state index in [0.29, 0.717) is 10.8 Å². The topological polar surface area (TPSA) is 79.1 Å². The number of rotatable bonds is 2. The lowest BCUT2D eigenvalue weighted by Gasteiger charge is -2.26. The zero-order valence-electron chi connectivity index (χ0n) is 51.8. The first-order valence-electron chi connectivity index (χ1n) is 27.6. The fourth-order valence-corrected chi connectivity index (χ4v) is 7.57. The summed E-state index contributed by atoms with van der Waals surface area (Å²) in [6, 6.07) is 39.5. The highest BCUT2D eigenvalue weighted by atomic mass is 16.3. The first-order chi connectivity index (χ1) is 34.4. The number of pyridine rings is 3. The maximum Gasteiger partial charge on any atom is 0.0852 e. The monoisotopic (exact) mass is 1020 g/mol. The average molecular weight is 1020 g/mol. The van der Waals surface area contributed by atoms with Crippen molar-refractivity contribution in [2.45, 2.75) is 231 Å². The van der Waals surface area contributed by atoms with E-state index in [0.717, 1.165) is 22.9 Å². The van der Waals surface area contributed by atoms with Gasteiger partial charge in [-0.05, 0) is 128 Å². The minimum atomic E-state index is 0.0183. The number of aliphatic hydroxyl groups excluding tert-OH is 2. The Morgan fingerprint density at radius 1 is 0.387 bits per heavy atom. The van der Waals surface area contributed by atoms with Gasteiger partial charge >= 0.3 is 0 Å². The van der Waals surface area contributed by atoms with E-state index >= 15 is 0 Å². The van der Waals surface area contributed by atoms with Gasteiger partial charge in [0.05, 0.1) is 18.9 Å². The van der Waals surface area contributed by atoms with Crippen LogP contribution in [0.15, 0.2) is 140 Å². The molecule has 75 heavy (non-hydrogen) atoms. The van der Waals surface area contributed by atoms with Crippen molar-refractivity contribution in [3.05, 3.63) is 196 Å². The van der Waals surface area contributed by atoms with Gasteiger partial charge in [-0.15, -0.1) is 0 Å². The maximum atomic E-state index is 8.83. The van der Waals surface area contributed by atoms with Gasteiger partial charge in [0, 0.05) is 30.5 Å². The Hall–Kier alpha value is -4.97. The first-order valence-corrected chi connectivity index (χ1v) is 27.6. The average Bonchev–Trinajstić information content (AvgIpc) is 3.89. The molecule has 6 aromatic rings. The van der Waals surface area contributed by atoms with E-state index in [9.17, 15) is 0 Å². The molecule has 0 saturated heterocycles. The van der Waals surface area contributed by atoms with Crippen LogP contribution in [-0.4, -0.2) is 25.2 Å². The van der Waals surface area contributed by atoms with Crippen LogP contribution >= 0.6 is 0 Å². The predicted molar refractivity (Wildman–Crippen MR) is 327 cm³/mol. The summed E-state index contributed by atoms with van der Waals surface area (Å²) in [6.07, 6.45) is 13.4. The van der Waals surface area contributed by atoms with Crippen LogP contribution < -0.4 is 0 Å². The number of hydrogen-bond donors (Lipinski definition) is 2. The van der Waals surface area contributed by atoms with Crippen molar-refractivity contribution in [3.8, 4) is 0 Å². The van der Waals surface area contributed by atoms with Gasteiger partial charge in [-0.2, -0.15) is 0 Å². The third kappa shape index (κ3) is 28.7. The second-order valence-electron chi connectivity index (χ2n) is 27.6. The van der Waals surface area contributed by atoms with Gasteiger partial charge in [-0.25, -0.2) is 0 Å². The summed E-state index contributed by atoms with van der Waals surface area (Å²) in [7, 11) is 0. The van der Waals surface area contributed by atoms with Crippen LogP contribution in [0.4, 0.5) is 0 Å². The van der Waals surface area contributed by atoms with Crippen LogP contribution in [0.5, 0.6) is 0 Å². The van der Waals surface area contributed by atoms with Crippen LogP contribution in [0.3, 0.4) is 0 Å². The van der Waals surface area contributed by atoms with E-state index in [2.05, 4.69) is 252 Å². The smallest absolute Gasteiger partial charge is 0.0852 e. The van der Waals surface area contributed by atoms with Crippen molar-refractivity contribution >= 4 is 0 Å². The normalized spacial score (nSPS) is 13.0. The predicted octanol–water partition coefficient (Wildman–Crippen LogP) is 18.9. The largest absolute Gasteiger partial charge is 0.392 e. The van der Waals surface area contributed by atoms with Gasteiger partial charge in [0.25, 0.3) is 0 Å². The minimum absolute atomic E-state index is 0.0183. The van der Waals surface area contributed by atoms with Crippen LogP contribution in [0, 0.1) is 25.2 Å². The SMILES string of the molecule is CC(C)(C)C1CCCC1.CC(C)(C)c1ccc(CO)cc1.CC(C)(C)c1ccc(CO)nc1.CC(C)(C)c1ccccc1.CC(C)(C)c1cccnc1.Cc1ccc(C(C)(C)C)cc1.Cc1ccc(C(C)(C)C)cn1. The Balaban J connectivity index is 0.000000438. The van der Waals surface area contributed by atoms with Crippen LogP contribution in [-0.2, 0) is 45.7 Å². The molecule has 1 fully saturated rings. The molecule has 1 saturated carbocycles. The molecular formula is C70H107N3O2. The van der Waals surface area contributed by atoms with E-state index in [4.69, 9.17) is 10.2 Å². The van der Waals surface area contributed by atoms with Gasteiger partial charge in [0.15, 0.2) is 0 Å². The summed E-state index contributed by atoms with van der Waals surface area (Å²) in [5.74, 6) is 1.01. The van der Waals surface area contributed by atoms with E-state index < -0.39 is 0 Å². The van der Waals surface area contributed by atoms with Gasteiger partial charge < -0.3 is 10.2 Å².